The van der Waals surface area contributed by atoms with Gasteiger partial charge < -0.3 is 24.6 Å². The van der Waals surface area contributed by atoms with E-state index in [4.69, 9.17) is 9.47 Å². The first-order valence-electron chi connectivity index (χ1n) is 8.61. The van der Waals surface area contributed by atoms with Crippen LogP contribution < -0.4 is 14.8 Å². The van der Waals surface area contributed by atoms with Crippen molar-refractivity contribution in [3.05, 3.63) is 48.0 Å². The van der Waals surface area contributed by atoms with Gasteiger partial charge in [0.2, 0.25) is 5.91 Å². The zero-order valence-electron chi connectivity index (χ0n) is 15.4. The third kappa shape index (κ3) is 5.64. The van der Waals surface area contributed by atoms with Gasteiger partial charge in [-0.2, -0.15) is 0 Å². The number of anilines is 1. The number of carbonyl (C=O) groups excluding carboxylic acids is 2. The van der Waals surface area contributed by atoms with Crippen LogP contribution in [0.15, 0.2) is 42.5 Å². The van der Waals surface area contributed by atoms with Crippen LogP contribution in [0, 0.1) is 0 Å². The Morgan fingerprint density at radius 3 is 2.41 bits per heavy atom. The van der Waals surface area contributed by atoms with E-state index in [9.17, 15) is 14.7 Å². The van der Waals surface area contributed by atoms with Crippen LogP contribution in [0.25, 0.3) is 0 Å². The lowest BCUT2D eigenvalue weighted by molar-refractivity contribution is -0.116. The molecule has 7 nitrogen and oxygen atoms in total. The average Bonchev–Trinajstić information content (AvgIpc) is 2.67. The molecule has 0 aliphatic carbocycles. The molecule has 0 aliphatic rings. The molecule has 0 fully saturated rings. The van der Waals surface area contributed by atoms with Crippen LogP contribution >= 0.6 is 0 Å². The van der Waals surface area contributed by atoms with E-state index in [0.29, 0.717) is 31.1 Å². The lowest BCUT2D eigenvalue weighted by atomic mass is 10.1. The summed E-state index contributed by atoms with van der Waals surface area (Å²) in [5, 5.41) is 12.7. The molecule has 0 radical (unpaired) electrons. The highest BCUT2D eigenvalue weighted by Crippen LogP contribution is 2.28. The molecule has 2 rings (SSSR count). The number of benzene rings is 2. The molecule has 2 N–H and O–H groups in total. The average molecular weight is 373 g/mol. The largest absolute Gasteiger partial charge is 0.505 e. The number of phenolic OH excluding ortho intramolecular Hbond substituents is 1. The first-order valence-corrected chi connectivity index (χ1v) is 8.61. The van der Waals surface area contributed by atoms with Gasteiger partial charge in [-0.1, -0.05) is 18.2 Å². The number of ether oxygens (including phenoxy) is 3. The number of nitrogens with one attached hydrogen (secondary N) is 1. The molecule has 0 atom stereocenters. The molecule has 2 aromatic rings. The highest BCUT2D eigenvalue weighted by Gasteiger charge is 2.16. The normalized spacial score (nSPS) is 10.1. The summed E-state index contributed by atoms with van der Waals surface area (Å²) in [6, 6.07) is 11.8. The van der Waals surface area contributed by atoms with Crippen molar-refractivity contribution in [3.8, 4) is 17.2 Å². The number of esters is 1. The van der Waals surface area contributed by atoms with Crippen LogP contribution in [0.1, 0.15) is 30.1 Å². The number of aromatic hydroxyl groups is 1. The highest BCUT2D eigenvalue weighted by atomic mass is 16.5. The topological polar surface area (TPSA) is 94.1 Å². The summed E-state index contributed by atoms with van der Waals surface area (Å²) in [6.07, 6.45) is 0.669. The van der Waals surface area contributed by atoms with E-state index in [-0.39, 0.29) is 29.3 Å². The SMILES string of the molecule is CCOc1ccccc1OCCCC(=O)Nc1cccc(C(=O)OC)c1O. The fourth-order valence-electron chi connectivity index (χ4n) is 2.39. The summed E-state index contributed by atoms with van der Waals surface area (Å²) in [6.45, 7) is 2.77. The van der Waals surface area contributed by atoms with Gasteiger partial charge in [-0.05, 0) is 37.6 Å². The van der Waals surface area contributed by atoms with Gasteiger partial charge in [0.15, 0.2) is 17.2 Å². The lowest BCUT2D eigenvalue weighted by Crippen LogP contribution is -2.14. The number of rotatable bonds is 9. The minimum Gasteiger partial charge on any atom is -0.505 e. The van der Waals surface area contributed by atoms with Gasteiger partial charge in [-0.25, -0.2) is 4.79 Å². The maximum Gasteiger partial charge on any atom is 0.341 e. The van der Waals surface area contributed by atoms with Crippen LogP contribution in [0.4, 0.5) is 5.69 Å². The Kier molecular flexibility index (Phi) is 7.49. The maximum atomic E-state index is 12.1. The number of carbonyl (C=O) groups is 2. The minimum absolute atomic E-state index is 0.00818. The molecular formula is C20H23NO6. The van der Waals surface area contributed by atoms with Gasteiger partial charge >= 0.3 is 5.97 Å². The van der Waals surface area contributed by atoms with Crippen LogP contribution in [0.5, 0.6) is 17.2 Å². The molecule has 0 aliphatic heterocycles. The summed E-state index contributed by atoms with van der Waals surface area (Å²) in [5.74, 6) is -0.00394. The van der Waals surface area contributed by atoms with Crippen LogP contribution in [-0.4, -0.2) is 37.3 Å². The van der Waals surface area contributed by atoms with E-state index in [1.807, 2.05) is 25.1 Å². The quantitative estimate of drug-likeness (QED) is 0.398. The highest BCUT2D eigenvalue weighted by molar-refractivity contribution is 5.98. The third-order valence-corrected chi connectivity index (χ3v) is 3.67. The Bertz CT molecular complexity index is 790. The van der Waals surface area contributed by atoms with E-state index in [2.05, 4.69) is 10.1 Å². The number of hydrogen-bond acceptors (Lipinski definition) is 6. The van der Waals surface area contributed by atoms with Crippen molar-refractivity contribution >= 4 is 17.6 Å². The van der Waals surface area contributed by atoms with E-state index in [0.717, 1.165) is 0 Å². The molecular weight excluding hydrogens is 350 g/mol. The molecule has 0 saturated heterocycles. The van der Waals surface area contributed by atoms with Crippen molar-refractivity contribution in [1.82, 2.24) is 0 Å². The predicted octanol–water partition coefficient (Wildman–Crippen LogP) is 3.38. The Hall–Kier alpha value is -3.22. The van der Waals surface area contributed by atoms with Crippen molar-refractivity contribution in [1.29, 1.82) is 0 Å². The monoisotopic (exact) mass is 373 g/mol. The summed E-state index contributed by atoms with van der Waals surface area (Å²) in [4.78, 5) is 23.6. The van der Waals surface area contributed by atoms with Gasteiger partial charge in [-0.3, -0.25) is 4.79 Å². The van der Waals surface area contributed by atoms with Gasteiger partial charge in [0.05, 0.1) is 26.0 Å². The van der Waals surface area contributed by atoms with Gasteiger partial charge in [-0.15, -0.1) is 0 Å². The second kappa shape index (κ2) is 10.1. The van der Waals surface area contributed by atoms with E-state index in [1.54, 1.807) is 12.1 Å². The predicted molar refractivity (Wildman–Crippen MR) is 100 cm³/mol. The minimum atomic E-state index is -0.676. The maximum absolute atomic E-state index is 12.1. The molecule has 0 saturated carbocycles. The molecule has 7 heteroatoms. The molecule has 1 amide bonds. The summed E-state index contributed by atoms with van der Waals surface area (Å²) in [5.41, 5.74) is 0.150. The summed E-state index contributed by atoms with van der Waals surface area (Å²) in [7, 11) is 1.22. The van der Waals surface area contributed by atoms with Crippen LogP contribution in [-0.2, 0) is 9.53 Å². The van der Waals surface area contributed by atoms with Crippen LogP contribution in [0.2, 0.25) is 0 Å². The van der Waals surface area contributed by atoms with E-state index < -0.39 is 5.97 Å². The van der Waals surface area contributed by atoms with Gasteiger partial charge in [0.1, 0.15) is 5.56 Å². The standard InChI is InChI=1S/C20H23NO6/c1-3-26-16-10-4-5-11-17(16)27-13-7-12-18(22)21-15-9-6-8-14(19(15)23)20(24)25-2/h4-6,8-11,23H,3,7,12-13H2,1-2H3,(H,21,22). The fourth-order valence-corrected chi connectivity index (χ4v) is 2.39. The lowest BCUT2D eigenvalue weighted by Gasteiger charge is -2.12. The first kappa shape index (κ1) is 20.1. The Morgan fingerprint density at radius 1 is 1.04 bits per heavy atom. The molecule has 0 spiro atoms. The fraction of sp³-hybridized carbons (Fsp3) is 0.300. The van der Waals surface area contributed by atoms with Gasteiger partial charge in [0, 0.05) is 6.42 Å². The molecule has 144 valence electrons. The van der Waals surface area contributed by atoms with E-state index in [1.165, 1.54) is 19.2 Å². The van der Waals surface area contributed by atoms with Gasteiger partial charge in [0.25, 0.3) is 0 Å². The first-order chi connectivity index (χ1) is 13.1. The molecule has 0 heterocycles. The number of methoxy groups -OCH3 is 1. The zero-order valence-corrected chi connectivity index (χ0v) is 15.4. The Balaban J connectivity index is 1.85. The number of hydrogen-bond donors (Lipinski definition) is 2. The Labute approximate surface area is 157 Å². The van der Waals surface area contributed by atoms with Crippen molar-refractivity contribution in [3.63, 3.8) is 0 Å². The van der Waals surface area contributed by atoms with Crippen molar-refractivity contribution in [2.75, 3.05) is 25.6 Å². The smallest absolute Gasteiger partial charge is 0.341 e. The molecule has 0 unspecified atom stereocenters. The summed E-state index contributed by atoms with van der Waals surface area (Å²) < 4.78 is 15.7. The molecule has 27 heavy (non-hydrogen) atoms. The van der Waals surface area contributed by atoms with Crippen LogP contribution in [0.3, 0.4) is 0 Å². The molecule has 0 bridgehead atoms. The summed E-state index contributed by atoms with van der Waals surface area (Å²) >= 11 is 0. The zero-order chi connectivity index (χ0) is 19.6. The second-order valence-electron chi connectivity index (χ2n) is 5.57. The molecule has 0 aromatic heterocycles. The molecule has 2 aromatic carbocycles. The van der Waals surface area contributed by atoms with Crippen molar-refractivity contribution in [2.45, 2.75) is 19.8 Å². The third-order valence-electron chi connectivity index (χ3n) is 3.67. The van der Waals surface area contributed by atoms with Crippen molar-refractivity contribution in [2.24, 2.45) is 0 Å². The number of amides is 1. The number of phenols is 1. The van der Waals surface area contributed by atoms with Crippen molar-refractivity contribution < 1.29 is 28.9 Å². The second-order valence-corrected chi connectivity index (χ2v) is 5.57. The number of para-hydroxylation sites is 3. The Morgan fingerprint density at radius 2 is 1.74 bits per heavy atom. The van der Waals surface area contributed by atoms with E-state index >= 15 is 0 Å².